The van der Waals surface area contributed by atoms with Crippen molar-refractivity contribution in [1.29, 1.82) is 0 Å². The molecule has 0 saturated heterocycles. The molecule has 0 heterocycles. The van der Waals surface area contributed by atoms with Gasteiger partial charge < -0.3 is 5.73 Å². The molecule has 0 aromatic heterocycles. The number of unbranched alkanes of at least 4 members (excludes halogenated alkanes) is 3. The molecule has 82 valence electrons. The van der Waals surface area contributed by atoms with Gasteiger partial charge in [-0.15, -0.1) is 6.58 Å². The summed E-state index contributed by atoms with van der Waals surface area (Å²) < 4.78 is 0. The molecule has 1 saturated carbocycles. The van der Waals surface area contributed by atoms with Crippen molar-refractivity contribution in [3.05, 3.63) is 12.7 Å². The maximum atomic E-state index is 5.45. The van der Waals surface area contributed by atoms with Crippen molar-refractivity contribution in [3.8, 4) is 0 Å². The Bertz CT molecular complexity index is 152. The molecule has 2 nitrogen and oxygen atoms in total. The standard InChI is InChI=1S/C12H24N2/c1-2-10-14(12-7-8-12)11-6-4-3-5-9-13/h2,12H,1,3-11,13H2. The molecule has 0 amide bonds. The average molecular weight is 196 g/mol. The first-order valence-electron chi connectivity index (χ1n) is 5.93. The Kier molecular flexibility index (Phi) is 5.88. The summed E-state index contributed by atoms with van der Waals surface area (Å²) in [6, 6.07) is 0.877. The Hall–Kier alpha value is -0.340. The van der Waals surface area contributed by atoms with E-state index in [0.717, 1.165) is 19.1 Å². The Balaban J connectivity index is 1.98. The SMILES string of the molecule is C=CCN(CCCCCCN)C1CC1. The molecule has 0 spiro atoms. The summed E-state index contributed by atoms with van der Waals surface area (Å²) >= 11 is 0. The minimum Gasteiger partial charge on any atom is -0.330 e. The average Bonchev–Trinajstić information content (AvgIpc) is 2.99. The first kappa shape index (κ1) is 11.7. The molecule has 2 N–H and O–H groups in total. The number of rotatable bonds is 9. The third-order valence-electron chi connectivity index (χ3n) is 2.83. The predicted octanol–water partition coefficient (Wildman–Crippen LogP) is 2.16. The summed E-state index contributed by atoms with van der Waals surface area (Å²) in [5.74, 6) is 0. The van der Waals surface area contributed by atoms with Crippen LogP contribution in [-0.4, -0.2) is 30.6 Å². The van der Waals surface area contributed by atoms with E-state index in [2.05, 4.69) is 11.5 Å². The zero-order chi connectivity index (χ0) is 10.2. The Morgan fingerprint density at radius 2 is 1.93 bits per heavy atom. The van der Waals surface area contributed by atoms with Gasteiger partial charge in [-0.25, -0.2) is 0 Å². The fourth-order valence-electron chi connectivity index (χ4n) is 1.84. The molecular weight excluding hydrogens is 172 g/mol. The van der Waals surface area contributed by atoms with Gasteiger partial charge in [0.2, 0.25) is 0 Å². The van der Waals surface area contributed by atoms with Crippen molar-refractivity contribution in [2.45, 2.75) is 44.6 Å². The second kappa shape index (κ2) is 7.02. The molecule has 1 aliphatic carbocycles. The molecule has 0 radical (unpaired) electrons. The topological polar surface area (TPSA) is 29.3 Å². The number of hydrogen-bond donors (Lipinski definition) is 1. The highest BCUT2D eigenvalue weighted by Crippen LogP contribution is 2.26. The normalized spacial score (nSPS) is 16.1. The summed E-state index contributed by atoms with van der Waals surface area (Å²) in [5.41, 5.74) is 5.45. The van der Waals surface area contributed by atoms with Gasteiger partial charge in [0.1, 0.15) is 0 Å². The second-order valence-electron chi connectivity index (χ2n) is 4.22. The quantitative estimate of drug-likeness (QED) is 0.452. The van der Waals surface area contributed by atoms with E-state index in [1.165, 1.54) is 45.1 Å². The van der Waals surface area contributed by atoms with E-state index in [4.69, 9.17) is 5.73 Å². The Morgan fingerprint density at radius 1 is 1.21 bits per heavy atom. The van der Waals surface area contributed by atoms with Gasteiger partial charge in [-0.1, -0.05) is 18.9 Å². The third kappa shape index (κ3) is 4.77. The van der Waals surface area contributed by atoms with Crippen molar-refractivity contribution < 1.29 is 0 Å². The minimum absolute atomic E-state index is 0.846. The zero-order valence-electron chi connectivity index (χ0n) is 9.25. The molecule has 0 unspecified atom stereocenters. The van der Waals surface area contributed by atoms with Gasteiger partial charge in [0.05, 0.1) is 0 Å². The zero-order valence-corrected chi connectivity index (χ0v) is 9.25. The van der Waals surface area contributed by atoms with Crippen LogP contribution in [0.1, 0.15) is 38.5 Å². The van der Waals surface area contributed by atoms with Crippen LogP contribution in [0.3, 0.4) is 0 Å². The van der Waals surface area contributed by atoms with E-state index >= 15 is 0 Å². The van der Waals surface area contributed by atoms with Gasteiger partial charge >= 0.3 is 0 Å². The molecule has 1 rings (SSSR count). The van der Waals surface area contributed by atoms with Gasteiger partial charge in [-0.3, -0.25) is 4.90 Å². The van der Waals surface area contributed by atoms with Crippen molar-refractivity contribution in [2.75, 3.05) is 19.6 Å². The van der Waals surface area contributed by atoms with E-state index in [1.807, 2.05) is 6.08 Å². The fraction of sp³-hybridized carbons (Fsp3) is 0.833. The molecular formula is C12H24N2. The summed E-state index contributed by atoms with van der Waals surface area (Å²) in [7, 11) is 0. The molecule has 0 atom stereocenters. The second-order valence-corrected chi connectivity index (χ2v) is 4.22. The maximum absolute atomic E-state index is 5.45. The van der Waals surface area contributed by atoms with E-state index in [-0.39, 0.29) is 0 Å². The largest absolute Gasteiger partial charge is 0.330 e. The van der Waals surface area contributed by atoms with E-state index < -0.39 is 0 Å². The molecule has 1 fully saturated rings. The first-order chi connectivity index (χ1) is 6.88. The van der Waals surface area contributed by atoms with E-state index in [1.54, 1.807) is 0 Å². The van der Waals surface area contributed by atoms with Gasteiger partial charge in [0.25, 0.3) is 0 Å². The van der Waals surface area contributed by atoms with Crippen LogP contribution >= 0.6 is 0 Å². The molecule has 2 heteroatoms. The molecule has 14 heavy (non-hydrogen) atoms. The highest BCUT2D eigenvalue weighted by atomic mass is 15.2. The lowest BCUT2D eigenvalue weighted by Crippen LogP contribution is -2.27. The lowest BCUT2D eigenvalue weighted by atomic mass is 10.2. The van der Waals surface area contributed by atoms with Crippen LogP contribution in [0.5, 0.6) is 0 Å². The van der Waals surface area contributed by atoms with E-state index in [0.29, 0.717) is 0 Å². The van der Waals surface area contributed by atoms with Gasteiger partial charge in [0.15, 0.2) is 0 Å². The highest BCUT2D eigenvalue weighted by molar-refractivity contribution is 4.87. The molecule has 0 aromatic rings. The van der Waals surface area contributed by atoms with Crippen LogP contribution in [-0.2, 0) is 0 Å². The summed E-state index contributed by atoms with van der Waals surface area (Å²) in [5, 5.41) is 0. The van der Waals surface area contributed by atoms with Crippen LogP contribution in [0.25, 0.3) is 0 Å². The van der Waals surface area contributed by atoms with Gasteiger partial charge in [0, 0.05) is 12.6 Å². The first-order valence-corrected chi connectivity index (χ1v) is 5.93. The minimum atomic E-state index is 0.846. The van der Waals surface area contributed by atoms with Crippen molar-refractivity contribution in [3.63, 3.8) is 0 Å². The number of nitrogens with two attached hydrogens (primary N) is 1. The van der Waals surface area contributed by atoms with Crippen molar-refractivity contribution in [2.24, 2.45) is 5.73 Å². The van der Waals surface area contributed by atoms with Crippen LogP contribution < -0.4 is 5.73 Å². The predicted molar refractivity (Wildman–Crippen MR) is 62.3 cm³/mol. The van der Waals surface area contributed by atoms with Crippen LogP contribution in [0.2, 0.25) is 0 Å². The molecule has 0 aromatic carbocycles. The highest BCUT2D eigenvalue weighted by Gasteiger charge is 2.27. The summed E-state index contributed by atoms with van der Waals surface area (Å²) in [4.78, 5) is 2.56. The van der Waals surface area contributed by atoms with Gasteiger partial charge in [-0.2, -0.15) is 0 Å². The third-order valence-corrected chi connectivity index (χ3v) is 2.83. The van der Waals surface area contributed by atoms with Crippen molar-refractivity contribution >= 4 is 0 Å². The monoisotopic (exact) mass is 196 g/mol. The van der Waals surface area contributed by atoms with Crippen LogP contribution in [0, 0.1) is 0 Å². The Morgan fingerprint density at radius 3 is 2.50 bits per heavy atom. The van der Waals surface area contributed by atoms with Crippen LogP contribution in [0.15, 0.2) is 12.7 Å². The lowest BCUT2D eigenvalue weighted by Gasteiger charge is -2.19. The lowest BCUT2D eigenvalue weighted by molar-refractivity contribution is 0.284. The van der Waals surface area contributed by atoms with Crippen molar-refractivity contribution in [1.82, 2.24) is 4.90 Å². The summed E-state index contributed by atoms with van der Waals surface area (Å²) in [6.45, 7) is 6.98. The van der Waals surface area contributed by atoms with E-state index in [9.17, 15) is 0 Å². The number of hydrogen-bond acceptors (Lipinski definition) is 2. The molecule has 0 bridgehead atoms. The Labute approximate surface area is 88.2 Å². The smallest absolute Gasteiger partial charge is 0.0163 e. The molecule has 0 aliphatic heterocycles. The molecule has 1 aliphatic rings. The maximum Gasteiger partial charge on any atom is 0.0163 e. The van der Waals surface area contributed by atoms with Crippen LogP contribution in [0.4, 0.5) is 0 Å². The van der Waals surface area contributed by atoms with Gasteiger partial charge in [-0.05, 0) is 38.8 Å². The number of nitrogens with zero attached hydrogens (tertiary/aromatic N) is 1. The fourth-order valence-corrected chi connectivity index (χ4v) is 1.84. The summed E-state index contributed by atoms with van der Waals surface area (Å²) in [6.07, 6.45) is 9.96.